The van der Waals surface area contributed by atoms with Crippen LogP contribution in [0.4, 0.5) is 0 Å². The summed E-state index contributed by atoms with van der Waals surface area (Å²) < 4.78 is 0. The van der Waals surface area contributed by atoms with Crippen LogP contribution in [-0.4, -0.2) is 35.0 Å². The second kappa shape index (κ2) is 9.42. The molecule has 1 aromatic rings. The molecule has 20 heavy (non-hydrogen) atoms. The normalized spacial score (nSPS) is 11.1. The quantitative estimate of drug-likeness (QED) is 0.896. The Morgan fingerprint density at radius 1 is 1.25 bits per heavy atom. The lowest BCUT2D eigenvalue weighted by Gasteiger charge is -2.10. The number of carbonyl (C=O) groups is 2. The van der Waals surface area contributed by atoms with Gasteiger partial charge >= 0.3 is 5.97 Å². The van der Waals surface area contributed by atoms with Crippen LogP contribution in [0, 0.1) is 20.8 Å². The summed E-state index contributed by atoms with van der Waals surface area (Å²) in [6, 6.07) is 5.62. The van der Waals surface area contributed by atoms with E-state index >= 15 is 0 Å². The number of aryl methyl sites for hydroxylation is 2. The molecule has 0 aliphatic heterocycles. The van der Waals surface area contributed by atoms with Crippen LogP contribution in [0.2, 0.25) is 0 Å². The molecule has 0 aromatic heterocycles. The van der Waals surface area contributed by atoms with Gasteiger partial charge in [0.15, 0.2) is 0 Å². The van der Waals surface area contributed by atoms with Gasteiger partial charge in [0.1, 0.15) is 6.04 Å². The lowest BCUT2D eigenvalue weighted by molar-refractivity contribution is -0.140. The molecule has 1 amide bonds. The zero-order valence-corrected chi connectivity index (χ0v) is 13.5. The number of carboxylic acid groups (broad SMARTS) is 1. The van der Waals surface area contributed by atoms with Crippen LogP contribution in [0.5, 0.6) is 0 Å². The number of rotatable bonds is 4. The van der Waals surface area contributed by atoms with Crippen molar-refractivity contribution in [2.24, 2.45) is 0 Å². The van der Waals surface area contributed by atoms with Crippen LogP contribution in [0.15, 0.2) is 18.2 Å². The van der Waals surface area contributed by atoms with E-state index in [-0.39, 0.29) is 5.91 Å². The van der Waals surface area contributed by atoms with Crippen LogP contribution < -0.4 is 5.32 Å². The Morgan fingerprint density at radius 3 is 2.05 bits per heavy atom. The molecule has 0 bridgehead atoms. The first-order chi connectivity index (χ1) is 9.29. The summed E-state index contributed by atoms with van der Waals surface area (Å²) in [7, 11) is 0. The summed E-state index contributed by atoms with van der Waals surface area (Å²) in [5.41, 5.74) is 4.18. The fourth-order valence-corrected chi connectivity index (χ4v) is 2.04. The summed E-state index contributed by atoms with van der Waals surface area (Å²) in [5, 5.41) is 10.8. The third-order valence-electron chi connectivity index (χ3n) is 2.88. The first-order valence-electron chi connectivity index (χ1n) is 6.31. The predicted octanol–water partition coefficient (Wildman–Crippen LogP) is 2.55. The maximum absolute atomic E-state index is 10.4. The topological polar surface area (TPSA) is 66.4 Å². The first-order valence-corrected chi connectivity index (χ1v) is 7.70. The van der Waals surface area contributed by atoms with Crippen LogP contribution in [-0.2, 0) is 9.59 Å². The van der Waals surface area contributed by atoms with Crippen LogP contribution in [0.3, 0.4) is 0 Å². The van der Waals surface area contributed by atoms with Crippen molar-refractivity contribution in [1.82, 2.24) is 5.32 Å². The maximum Gasteiger partial charge on any atom is 0.327 e. The summed E-state index contributed by atoms with van der Waals surface area (Å²) in [6.45, 7) is 7.74. The van der Waals surface area contributed by atoms with Crippen molar-refractivity contribution in [3.05, 3.63) is 34.9 Å². The first kappa shape index (κ1) is 18.5. The van der Waals surface area contributed by atoms with E-state index in [1.807, 2.05) is 0 Å². The second-order valence-electron chi connectivity index (χ2n) is 4.56. The summed E-state index contributed by atoms with van der Waals surface area (Å²) >= 11 is 1.38. The fourth-order valence-electron chi connectivity index (χ4n) is 1.48. The van der Waals surface area contributed by atoms with Crippen LogP contribution >= 0.6 is 11.8 Å². The molecular weight excluding hydrogens is 274 g/mol. The minimum absolute atomic E-state index is 0.313. The molecule has 0 heterocycles. The van der Waals surface area contributed by atoms with Crippen molar-refractivity contribution in [1.29, 1.82) is 0 Å². The third-order valence-corrected chi connectivity index (χ3v) is 3.55. The van der Waals surface area contributed by atoms with E-state index in [9.17, 15) is 9.59 Å². The highest BCUT2D eigenvalue weighted by Gasteiger charge is 2.16. The van der Waals surface area contributed by atoms with Crippen molar-refractivity contribution in [3.63, 3.8) is 0 Å². The minimum atomic E-state index is -0.991. The molecule has 0 aliphatic carbocycles. The Hall–Kier alpha value is -1.49. The molecule has 0 saturated heterocycles. The Bertz CT molecular complexity index is 440. The second-order valence-corrected chi connectivity index (χ2v) is 5.47. The number of benzene rings is 1. The van der Waals surface area contributed by atoms with Gasteiger partial charge < -0.3 is 10.4 Å². The van der Waals surface area contributed by atoms with E-state index in [1.54, 1.807) is 6.26 Å². The summed E-state index contributed by atoms with van der Waals surface area (Å²) in [4.78, 5) is 20.8. The number of carbonyl (C=O) groups excluding carboxylic acids is 1. The van der Waals surface area contributed by atoms with E-state index in [4.69, 9.17) is 5.11 Å². The molecule has 1 aromatic carbocycles. The highest BCUT2D eigenvalue weighted by atomic mass is 32.2. The summed E-state index contributed by atoms with van der Waals surface area (Å²) in [5.74, 6) is -0.907. The van der Waals surface area contributed by atoms with E-state index < -0.39 is 12.0 Å². The molecule has 1 atom stereocenters. The third kappa shape index (κ3) is 7.19. The Labute approximate surface area is 125 Å². The van der Waals surface area contributed by atoms with Crippen molar-refractivity contribution in [2.45, 2.75) is 33.7 Å². The van der Waals surface area contributed by atoms with Gasteiger partial charge in [-0.2, -0.15) is 11.8 Å². The van der Waals surface area contributed by atoms with Gasteiger partial charge in [-0.05, 0) is 43.7 Å². The molecule has 0 spiro atoms. The molecule has 4 nitrogen and oxygen atoms in total. The SMILES string of the molecule is CSCC(NC(C)=O)C(=O)O.Cc1cccc(C)c1C. The predicted molar refractivity (Wildman–Crippen MR) is 84.3 cm³/mol. The zero-order chi connectivity index (χ0) is 15.7. The van der Waals surface area contributed by atoms with Crippen molar-refractivity contribution < 1.29 is 14.7 Å². The number of nitrogens with one attached hydrogen (secondary N) is 1. The standard InChI is InChI=1S/C9H12.C6H11NO3S/c1-7-5-4-6-8(2)9(7)3;1-4(8)7-5(3-11-2)6(9)10/h4-6H,1-3H3;5H,3H2,1-2H3,(H,7,8)(H,9,10). The molecule has 0 aliphatic rings. The van der Waals surface area contributed by atoms with Gasteiger partial charge in [0.2, 0.25) is 5.91 Å². The molecular formula is C15H23NO3S. The Kier molecular flexibility index (Phi) is 8.72. The van der Waals surface area contributed by atoms with Gasteiger partial charge in [0.05, 0.1) is 0 Å². The molecule has 2 N–H and O–H groups in total. The maximum atomic E-state index is 10.4. The molecule has 0 fully saturated rings. The van der Waals surface area contributed by atoms with E-state index in [2.05, 4.69) is 44.3 Å². The lowest BCUT2D eigenvalue weighted by atomic mass is 10.1. The van der Waals surface area contributed by atoms with Gasteiger partial charge in [-0.15, -0.1) is 0 Å². The Morgan fingerprint density at radius 2 is 1.75 bits per heavy atom. The average molecular weight is 297 g/mol. The molecule has 0 saturated carbocycles. The van der Waals surface area contributed by atoms with E-state index in [1.165, 1.54) is 35.4 Å². The van der Waals surface area contributed by atoms with Gasteiger partial charge in [-0.3, -0.25) is 4.79 Å². The zero-order valence-electron chi connectivity index (χ0n) is 12.7. The van der Waals surface area contributed by atoms with Crippen LogP contribution in [0.1, 0.15) is 23.6 Å². The van der Waals surface area contributed by atoms with E-state index in [0.717, 1.165) is 0 Å². The van der Waals surface area contributed by atoms with Gasteiger partial charge in [0.25, 0.3) is 0 Å². The molecule has 1 rings (SSSR count). The number of aliphatic carboxylic acids is 1. The number of hydrogen-bond acceptors (Lipinski definition) is 3. The molecule has 5 heteroatoms. The number of carboxylic acids is 1. The number of thioether (sulfide) groups is 1. The minimum Gasteiger partial charge on any atom is -0.480 e. The number of hydrogen-bond donors (Lipinski definition) is 2. The van der Waals surface area contributed by atoms with Gasteiger partial charge in [-0.25, -0.2) is 4.79 Å². The number of amides is 1. The molecule has 0 radical (unpaired) electrons. The van der Waals surface area contributed by atoms with Gasteiger partial charge in [0, 0.05) is 12.7 Å². The molecule has 1 unspecified atom stereocenters. The van der Waals surface area contributed by atoms with Crippen molar-refractivity contribution in [3.8, 4) is 0 Å². The monoisotopic (exact) mass is 297 g/mol. The van der Waals surface area contributed by atoms with Crippen molar-refractivity contribution >= 4 is 23.6 Å². The lowest BCUT2D eigenvalue weighted by Crippen LogP contribution is -2.41. The molecule has 112 valence electrons. The summed E-state index contributed by atoms with van der Waals surface area (Å²) in [6.07, 6.45) is 1.79. The fraction of sp³-hybridized carbons (Fsp3) is 0.467. The smallest absolute Gasteiger partial charge is 0.327 e. The largest absolute Gasteiger partial charge is 0.480 e. The van der Waals surface area contributed by atoms with E-state index in [0.29, 0.717) is 5.75 Å². The highest BCUT2D eigenvalue weighted by molar-refractivity contribution is 7.98. The van der Waals surface area contributed by atoms with Gasteiger partial charge in [-0.1, -0.05) is 18.2 Å². The van der Waals surface area contributed by atoms with Crippen molar-refractivity contribution in [2.75, 3.05) is 12.0 Å². The highest BCUT2D eigenvalue weighted by Crippen LogP contribution is 2.09. The Balaban J connectivity index is 0.000000367. The average Bonchev–Trinajstić information content (AvgIpc) is 2.35. The van der Waals surface area contributed by atoms with Crippen LogP contribution in [0.25, 0.3) is 0 Å².